The van der Waals surface area contributed by atoms with Gasteiger partial charge in [-0.25, -0.2) is 10.2 Å². The molecule has 0 radical (unpaired) electrons. The summed E-state index contributed by atoms with van der Waals surface area (Å²) in [7, 11) is 0. The predicted octanol–water partition coefficient (Wildman–Crippen LogP) is 1.36. The van der Waals surface area contributed by atoms with E-state index in [4.69, 9.17) is 5.84 Å². The van der Waals surface area contributed by atoms with Gasteiger partial charge < -0.3 is 0 Å². The normalized spacial score (nSPS) is 15.0. The third-order valence-electron chi connectivity index (χ3n) is 3.99. The van der Waals surface area contributed by atoms with Crippen molar-refractivity contribution in [1.82, 2.24) is 15.3 Å². The summed E-state index contributed by atoms with van der Waals surface area (Å²) in [5.41, 5.74) is 4.98. The number of benzene rings is 1. The highest BCUT2D eigenvalue weighted by Crippen LogP contribution is 2.28. The Kier molecular flexibility index (Phi) is 3.57. The summed E-state index contributed by atoms with van der Waals surface area (Å²) in [6.45, 7) is 4.51. The van der Waals surface area contributed by atoms with Crippen LogP contribution in [0.4, 0.5) is 4.39 Å². The largest absolute Gasteiger partial charge is 0.299 e. The third kappa shape index (κ3) is 2.36. The maximum Gasteiger partial charge on any atom is 0.266 e. The van der Waals surface area contributed by atoms with Crippen molar-refractivity contribution in [2.75, 3.05) is 13.1 Å². The molecule has 1 aromatic heterocycles. The molecular formula is C15H17FN4O. The monoisotopic (exact) mass is 288 g/mol. The molecule has 3 N–H and O–H groups in total. The zero-order valence-electron chi connectivity index (χ0n) is 11.8. The molecule has 2 aromatic rings. The number of amides is 1. The summed E-state index contributed by atoms with van der Waals surface area (Å²) < 4.78 is 13.6. The Morgan fingerprint density at radius 1 is 1.52 bits per heavy atom. The molecule has 0 saturated carbocycles. The van der Waals surface area contributed by atoms with Gasteiger partial charge in [-0.05, 0) is 24.7 Å². The molecule has 0 saturated heterocycles. The minimum atomic E-state index is -0.401. The number of hydrazine groups is 1. The second kappa shape index (κ2) is 5.38. The third-order valence-corrected chi connectivity index (χ3v) is 3.99. The molecule has 3 rings (SSSR count). The van der Waals surface area contributed by atoms with Gasteiger partial charge in [-0.1, -0.05) is 6.92 Å². The summed E-state index contributed by atoms with van der Waals surface area (Å²) in [6.07, 6.45) is 0.779. The van der Waals surface area contributed by atoms with E-state index >= 15 is 0 Å². The van der Waals surface area contributed by atoms with Crippen molar-refractivity contribution in [3.63, 3.8) is 0 Å². The highest BCUT2D eigenvalue weighted by molar-refractivity contribution is 6.07. The topological polar surface area (TPSA) is 71.2 Å². The zero-order chi connectivity index (χ0) is 15.0. The number of halogens is 1. The van der Waals surface area contributed by atoms with E-state index in [1.165, 1.54) is 12.1 Å². The Bertz CT molecular complexity index is 716. The highest BCUT2D eigenvalue weighted by Gasteiger charge is 2.25. The van der Waals surface area contributed by atoms with Gasteiger partial charge in [0.2, 0.25) is 0 Å². The van der Waals surface area contributed by atoms with Gasteiger partial charge in [0, 0.05) is 36.2 Å². The zero-order valence-corrected chi connectivity index (χ0v) is 11.8. The lowest BCUT2D eigenvalue weighted by Crippen LogP contribution is -2.36. The number of hydrogen-bond donors (Lipinski definition) is 2. The van der Waals surface area contributed by atoms with E-state index in [1.807, 2.05) is 0 Å². The summed E-state index contributed by atoms with van der Waals surface area (Å²) in [4.78, 5) is 19.0. The van der Waals surface area contributed by atoms with Crippen LogP contribution < -0.4 is 11.3 Å². The summed E-state index contributed by atoms with van der Waals surface area (Å²) in [6, 6.07) is 4.30. The van der Waals surface area contributed by atoms with E-state index in [2.05, 4.69) is 22.2 Å². The molecule has 0 fully saturated rings. The van der Waals surface area contributed by atoms with Gasteiger partial charge in [0.25, 0.3) is 5.91 Å². The van der Waals surface area contributed by atoms with Crippen LogP contribution in [0.1, 0.15) is 28.5 Å². The number of rotatable bonds is 2. The van der Waals surface area contributed by atoms with Gasteiger partial charge >= 0.3 is 0 Å². The first-order valence-electron chi connectivity index (χ1n) is 6.98. The van der Waals surface area contributed by atoms with E-state index in [9.17, 15) is 9.18 Å². The fourth-order valence-corrected chi connectivity index (χ4v) is 2.87. The van der Waals surface area contributed by atoms with E-state index in [1.54, 1.807) is 6.07 Å². The molecule has 0 atom stereocenters. The smallest absolute Gasteiger partial charge is 0.266 e. The van der Waals surface area contributed by atoms with E-state index in [0.717, 1.165) is 30.8 Å². The van der Waals surface area contributed by atoms with Crippen molar-refractivity contribution in [3.8, 4) is 0 Å². The number of carbonyl (C=O) groups excluding carboxylic acids is 1. The minimum Gasteiger partial charge on any atom is -0.299 e. The molecule has 110 valence electrons. The fourth-order valence-electron chi connectivity index (χ4n) is 2.87. The average molecular weight is 288 g/mol. The van der Waals surface area contributed by atoms with Gasteiger partial charge in [-0.2, -0.15) is 0 Å². The first kappa shape index (κ1) is 13.9. The first-order chi connectivity index (χ1) is 10.1. The molecule has 21 heavy (non-hydrogen) atoms. The number of aromatic nitrogens is 1. The number of nitrogens with zero attached hydrogens (tertiary/aromatic N) is 2. The predicted molar refractivity (Wildman–Crippen MR) is 78.0 cm³/mol. The number of nitrogen functional groups attached to an aromatic ring is 1. The second-order valence-electron chi connectivity index (χ2n) is 5.17. The second-order valence-corrected chi connectivity index (χ2v) is 5.17. The Hall–Kier alpha value is -2.05. The number of likely N-dealkylation sites (N-methyl/N-ethyl adjacent to an activating group) is 1. The Morgan fingerprint density at radius 3 is 3.05 bits per heavy atom. The number of pyridine rings is 1. The van der Waals surface area contributed by atoms with Crippen LogP contribution >= 0.6 is 0 Å². The van der Waals surface area contributed by atoms with Crippen LogP contribution in [0.2, 0.25) is 0 Å². The van der Waals surface area contributed by atoms with E-state index < -0.39 is 11.7 Å². The average Bonchev–Trinajstić information content (AvgIpc) is 2.51. The summed E-state index contributed by atoms with van der Waals surface area (Å²) in [5, 5.41) is 0.509. The quantitative estimate of drug-likeness (QED) is 0.497. The first-order valence-corrected chi connectivity index (χ1v) is 6.98. The molecule has 6 heteroatoms. The lowest BCUT2D eigenvalue weighted by Gasteiger charge is -2.28. The summed E-state index contributed by atoms with van der Waals surface area (Å²) >= 11 is 0. The van der Waals surface area contributed by atoms with E-state index in [0.29, 0.717) is 23.0 Å². The molecule has 1 aliphatic heterocycles. The van der Waals surface area contributed by atoms with Gasteiger partial charge in [0.1, 0.15) is 5.82 Å². The minimum absolute atomic E-state index is 0.390. The molecule has 1 amide bonds. The van der Waals surface area contributed by atoms with Gasteiger partial charge in [0.15, 0.2) is 0 Å². The molecule has 1 aliphatic rings. The van der Waals surface area contributed by atoms with Crippen molar-refractivity contribution >= 4 is 16.8 Å². The fraction of sp³-hybridized carbons (Fsp3) is 0.333. The molecule has 0 spiro atoms. The molecular weight excluding hydrogens is 271 g/mol. The molecule has 0 bridgehead atoms. The number of nitrogens with one attached hydrogen (secondary N) is 1. The Labute approximate surface area is 121 Å². The molecule has 0 unspecified atom stereocenters. The highest BCUT2D eigenvalue weighted by atomic mass is 19.1. The molecule has 1 aromatic carbocycles. The van der Waals surface area contributed by atoms with Crippen LogP contribution in [-0.4, -0.2) is 28.9 Å². The maximum atomic E-state index is 13.6. The Morgan fingerprint density at radius 2 is 2.33 bits per heavy atom. The summed E-state index contributed by atoms with van der Waals surface area (Å²) in [5.74, 6) is 4.52. The molecule has 0 aliphatic carbocycles. The van der Waals surface area contributed by atoms with Crippen LogP contribution in [0.3, 0.4) is 0 Å². The van der Waals surface area contributed by atoms with Crippen LogP contribution in [0.25, 0.3) is 10.9 Å². The Balaban J connectivity index is 2.29. The van der Waals surface area contributed by atoms with Gasteiger partial charge in [-0.15, -0.1) is 0 Å². The number of carbonyl (C=O) groups is 1. The van der Waals surface area contributed by atoms with Crippen LogP contribution in [0, 0.1) is 5.82 Å². The SMILES string of the molecule is CCN1CCc2nc3ccc(F)cc3c(C(=O)NN)c2C1. The van der Waals surface area contributed by atoms with Crippen molar-refractivity contribution in [2.24, 2.45) is 5.84 Å². The van der Waals surface area contributed by atoms with Crippen LogP contribution in [0.15, 0.2) is 18.2 Å². The van der Waals surface area contributed by atoms with Gasteiger partial charge in [-0.3, -0.25) is 20.1 Å². The molecule has 5 nitrogen and oxygen atoms in total. The van der Waals surface area contributed by atoms with Crippen molar-refractivity contribution in [1.29, 1.82) is 0 Å². The number of nitrogens with two attached hydrogens (primary N) is 1. The lowest BCUT2D eigenvalue weighted by atomic mass is 9.95. The van der Waals surface area contributed by atoms with Crippen molar-refractivity contribution in [3.05, 3.63) is 40.8 Å². The molecule has 2 heterocycles. The van der Waals surface area contributed by atoms with Crippen molar-refractivity contribution < 1.29 is 9.18 Å². The van der Waals surface area contributed by atoms with E-state index in [-0.39, 0.29) is 0 Å². The standard InChI is InChI=1S/C15H17FN4O/c1-2-20-6-5-13-11(8-20)14(15(21)19-17)10-7-9(16)3-4-12(10)18-13/h3-4,7H,2,5-6,8,17H2,1H3,(H,19,21). The van der Waals surface area contributed by atoms with Gasteiger partial charge in [0.05, 0.1) is 11.1 Å². The lowest BCUT2D eigenvalue weighted by molar-refractivity contribution is 0.0952. The van der Waals surface area contributed by atoms with Crippen LogP contribution in [-0.2, 0) is 13.0 Å². The number of hydrogen-bond acceptors (Lipinski definition) is 4. The van der Waals surface area contributed by atoms with Crippen LogP contribution in [0.5, 0.6) is 0 Å². The maximum absolute atomic E-state index is 13.6. The number of fused-ring (bicyclic) bond motifs is 2. The van der Waals surface area contributed by atoms with Crippen molar-refractivity contribution in [2.45, 2.75) is 19.9 Å².